The molecule has 0 aromatic heterocycles. The van der Waals surface area contributed by atoms with Crippen molar-refractivity contribution in [3.05, 3.63) is 54.1 Å². The van der Waals surface area contributed by atoms with E-state index in [1.54, 1.807) is 26.4 Å². The minimum absolute atomic E-state index is 0.0459. The first-order chi connectivity index (χ1) is 13.7. The van der Waals surface area contributed by atoms with Gasteiger partial charge in [0.15, 0.2) is 18.1 Å². The van der Waals surface area contributed by atoms with Crippen molar-refractivity contribution in [3.8, 4) is 17.2 Å². The smallest absolute Gasteiger partial charge is 0.258 e. The third-order valence-corrected chi connectivity index (χ3v) is 5.00. The first kappa shape index (κ1) is 20.0. The zero-order valence-corrected chi connectivity index (χ0v) is 16.5. The van der Waals surface area contributed by atoms with E-state index in [1.165, 1.54) is 18.4 Å². The average molecular weight is 384 g/mol. The SMILES string of the molecule is COc1ccc([C@@H](CNC(=O)COc2ccccc2OC)N2CCCC2)cc1. The Hall–Kier alpha value is -2.73. The van der Waals surface area contributed by atoms with Crippen LogP contribution in [0.2, 0.25) is 0 Å². The van der Waals surface area contributed by atoms with Gasteiger partial charge in [0.25, 0.3) is 5.91 Å². The maximum atomic E-state index is 12.4. The number of nitrogens with zero attached hydrogens (tertiary/aromatic N) is 1. The third kappa shape index (κ3) is 5.16. The lowest BCUT2D eigenvalue weighted by Crippen LogP contribution is -2.38. The molecular weight excluding hydrogens is 356 g/mol. The molecule has 150 valence electrons. The quantitative estimate of drug-likeness (QED) is 0.720. The Morgan fingerprint density at radius 1 is 1.00 bits per heavy atom. The maximum absolute atomic E-state index is 12.4. The van der Waals surface area contributed by atoms with Gasteiger partial charge in [-0.25, -0.2) is 0 Å². The number of methoxy groups -OCH3 is 2. The van der Waals surface area contributed by atoms with Gasteiger partial charge in [-0.1, -0.05) is 24.3 Å². The van der Waals surface area contributed by atoms with Crippen molar-refractivity contribution in [1.29, 1.82) is 0 Å². The Bertz CT molecular complexity index is 757. The lowest BCUT2D eigenvalue weighted by molar-refractivity contribution is -0.123. The minimum Gasteiger partial charge on any atom is -0.497 e. The van der Waals surface area contributed by atoms with Gasteiger partial charge in [-0.2, -0.15) is 0 Å². The van der Waals surface area contributed by atoms with Crippen LogP contribution in [0.3, 0.4) is 0 Å². The van der Waals surface area contributed by atoms with Crippen molar-refractivity contribution in [3.63, 3.8) is 0 Å². The molecule has 28 heavy (non-hydrogen) atoms. The fourth-order valence-corrected chi connectivity index (χ4v) is 3.48. The Morgan fingerprint density at radius 3 is 2.32 bits per heavy atom. The van der Waals surface area contributed by atoms with Crippen LogP contribution in [-0.2, 0) is 4.79 Å². The van der Waals surface area contributed by atoms with Gasteiger partial charge < -0.3 is 19.5 Å². The molecule has 6 heteroatoms. The summed E-state index contributed by atoms with van der Waals surface area (Å²) in [5.74, 6) is 1.86. The molecule has 0 bridgehead atoms. The van der Waals surface area contributed by atoms with Gasteiger partial charge in [0.1, 0.15) is 5.75 Å². The van der Waals surface area contributed by atoms with Gasteiger partial charge in [0.2, 0.25) is 0 Å². The summed E-state index contributed by atoms with van der Waals surface area (Å²) in [6, 6.07) is 15.5. The second kappa shape index (κ2) is 9.99. The highest BCUT2D eigenvalue weighted by Gasteiger charge is 2.24. The molecule has 2 aromatic rings. The average Bonchev–Trinajstić information content (AvgIpc) is 3.27. The molecule has 1 atom stereocenters. The summed E-state index contributed by atoms with van der Waals surface area (Å²) in [6.45, 7) is 2.59. The van der Waals surface area contributed by atoms with Crippen LogP contribution >= 0.6 is 0 Å². The Kier molecular flexibility index (Phi) is 7.14. The number of hydrogen-bond acceptors (Lipinski definition) is 5. The largest absolute Gasteiger partial charge is 0.497 e. The first-order valence-corrected chi connectivity index (χ1v) is 9.62. The number of carbonyl (C=O) groups is 1. The molecular formula is C22H28N2O4. The Morgan fingerprint density at radius 2 is 1.68 bits per heavy atom. The second-order valence-corrected chi connectivity index (χ2v) is 6.78. The van der Waals surface area contributed by atoms with Crippen molar-refractivity contribution < 1.29 is 19.0 Å². The molecule has 1 saturated heterocycles. The van der Waals surface area contributed by atoms with E-state index in [2.05, 4.69) is 22.3 Å². The number of nitrogens with one attached hydrogen (secondary N) is 1. The van der Waals surface area contributed by atoms with Crippen LogP contribution in [0.15, 0.2) is 48.5 Å². The molecule has 3 rings (SSSR count). The van der Waals surface area contributed by atoms with Gasteiger partial charge >= 0.3 is 0 Å². The lowest BCUT2D eigenvalue weighted by atomic mass is 10.1. The van der Waals surface area contributed by atoms with Gasteiger partial charge in [-0.3, -0.25) is 9.69 Å². The fourth-order valence-electron chi connectivity index (χ4n) is 3.48. The van der Waals surface area contributed by atoms with Crippen molar-refractivity contribution in [2.24, 2.45) is 0 Å². The second-order valence-electron chi connectivity index (χ2n) is 6.78. The highest BCUT2D eigenvalue weighted by molar-refractivity contribution is 5.77. The van der Waals surface area contributed by atoms with Crippen LogP contribution in [0.5, 0.6) is 17.2 Å². The molecule has 1 aliphatic rings. The summed E-state index contributed by atoms with van der Waals surface area (Å²) in [5, 5.41) is 3.02. The summed E-state index contributed by atoms with van der Waals surface area (Å²) in [5.41, 5.74) is 1.17. The first-order valence-electron chi connectivity index (χ1n) is 9.62. The van der Waals surface area contributed by atoms with E-state index in [0.29, 0.717) is 18.0 Å². The summed E-state index contributed by atoms with van der Waals surface area (Å²) in [6.07, 6.45) is 2.38. The summed E-state index contributed by atoms with van der Waals surface area (Å²) >= 11 is 0. The van der Waals surface area contributed by atoms with E-state index in [-0.39, 0.29) is 18.6 Å². The molecule has 1 fully saturated rings. The predicted molar refractivity (Wildman–Crippen MR) is 108 cm³/mol. The Labute approximate surface area is 166 Å². The molecule has 1 N–H and O–H groups in total. The predicted octanol–water partition coefficient (Wildman–Crippen LogP) is 3.04. The van der Waals surface area contributed by atoms with Gasteiger partial charge in [0.05, 0.1) is 20.3 Å². The fraction of sp³-hybridized carbons (Fsp3) is 0.409. The summed E-state index contributed by atoms with van der Waals surface area (Å²) in [4.78, 5) is 14.8. The molecule has 0 saturated carbocycles. The van der Waals surface area contributed by atoms with E-state index >= 15 is 0 Å². The molecule has 6 nitrogen and oxygen atoms in total. The van der Waals surface area contributed by atoms with Crippen LogP contribution in [0.4, 0.5) is 0 Å². The number of amides is 1. The van der Waals surface area contributed by atoms with Crippen molar-refractivity contribution in [2.75, 3.05) is 40.5 Å². The molecule has 0 unspecified atom stereocenters. The van der Waals surface area contributed by atoms with Crippen LogP contribution in [0, 0.1) is 0 Å². The van der Waals surface area contributed by atoms with E-state index in [9.17, 15) is 4.79 Å². The number of hydrogen-bond donors (Lipinski definition) is 1. The van der Waals surface area contributed by atoms with Crippen LogP contribution in [0.25, 0.3) is 0 Å². The van der Waals surface area contributed by atoms with E-state index in [0.717, 1.165) is 18.8 Å². The topological polar surface area (TPSA) is 60.0 Å². The minimum atomic E-state index is -0.149. The summed E-state index contributed by atoms with van der Waals surface area (Å²) in [7, 11) is 3.24. The monoisotopic (exact) mass is 384 g/mol. The number of rotatable bonds is 9. The van der Waals surface area contributed by atoms with Gasteiger partial charge in [0, 0.05) is 6.54 Å². The number of benzene rings is 2. The molecule has 1 heterocycles. The van der Waals surface area contributed by atoms with Crippen LogP contribution < -0.4 is 19.5 Å². The highest BCUT2D eigenvalue weighted by atomic mass is 16.5. The maximum Gasteiger partial charge on any atom is 0.258 e. The van der Waals surface area contributed by atoms with Crippen molar-refractivity contribution >= 4 is 5.91 Å². The van der Waals surface area contributed by atoms with Crippen molar-refractivity contribution in [1.82, 2.24) is 10.2 Å². The molecule has 0 aliphatic carbocycles. The molecule has 1 amide bonds. The van der Waals surface area contributed by atoms with E-state index in [1.807, 2.05) is 24.3 Å². The summed E-state index contributed by atoms with van der Waals surface area (Å²) < 4.78 is 16.1. The van der Waals surface area contributed by atoms with E-state index in [4.69, 9.17) is 14.2 Å². The highest BCUT2D eigenvalue weighted by Crippen LogP contribution is 2.27. The lowest BCUT2D eigenvalue weighted by Gasteiger charge is -2.28. The number of para-hydroxylation sites is 2. The number of carbonyl (C=O) groups excluding carboxylic acids is 1. The van der Waals surface area contributed by atoms with Gasteiger partial charge in [-0.15, -0.1) is 0 Å². The molecule has 0 radical (unpaired) electrons. The zero-order chi connectivity index (χ0) is 19.8. The molecule has 1 aliphatic heterocycles. The standard InChI is InChI=1S/C22H28N2O4/c1-26-18-11-9-17(10-12-18)19(24-13-5-6-14-24)15-23-22(25)16-28-21-8-4-3-7-20(21)27-2/h3-4,7-12,19H,5-6,13-16H2,1-2H3,(H,23,25)/t19-/m1/s1. The zero-order valence-electron chi connectivity index (χ0n) is 16.5. The van der Waals surface area contributed by atoms with Gasteiger partial charge in [-0.05, 0) is 55.8 Å². The third-order valence-electron chi connectivity index (χ3n) is 5.00. The molecule has 2 aromatic carbocycles. The number of ether oxygens (including phenoxy) is 3. The normalized spacial score (nSPS) is 15.1. The molecule has 0 spiro atoms. The van der Waals surface area contributed by atoms with Crippen molar-refractivity contribution in [2.45, 2.75) is 18.9 Å². The van der Waals surface area contributed by atoms with Crippen LogP contribution in [-0.4, -0.2) is 51.3 Å². The van der Waals surface area contributed by atoms with Crippen LogP contribution in [0.1, 0.15) is 24.4 Å². The van der Waals surface area contributed by atoms with E-state index < -0.39 is 0 Å². The number of likely N-dealkylation sites (tertiary alicyclic amines) is 1. The Balaban J connectivity index is 1.58.